The van der Waals surface area contributed by atoms with Gasteiger partial charge in [-0.2, -0.15) is 0 Å². The predicted molar refractivity (Wildman–Crippen MR) is 85.5 cm³/mol. The fourth-order valence-corrected chi connectivity index (χ4v) is 2.84. The van der Waals surface area contributed by atoms with E-state index in [0.717, 1.165) is 35.7 Å². The van der Waals surface area contributed by atoms with Gasteiger partial charge < -0.3 is 20.3 Å². The highest BCUT2D eigenvalue weighted by atomic mass is 16.5. The van der Waals surface area contributed by atoms with Gasteiger partial charge in [0.25, 0.3) is 0 Å². The van der Waals surface area contributed by atoms with E-state index in [-0.39, 0.29) is 6.61 Å². The second-order valence-electron chi connectivity index (χ2n) is 5.91. The molecule has 0 heterocycles. The molecule has 0 aromatic heterocycles. The molecular weight excluding hydrogens is 278 g/mol. The Balaban J connectivity index is 1.79. The van der Waals surface area contributed by atoms with Crippen LogP contribution in [0.25, 0.3) is 0 Å². The molecule has 1 atom stereocenters. The van der Waals surface area contributed by atoms with E-state index in [2.05, 4.69) is 6.07 Å². The Morgan fingerprint density at radius 3 is 2.41 bits per heavy atom. The van der Waals surface area contributed by atoms with Crippen LogP contribution in [-0.2, 0) is 12.8 Å². The zero-order valence-electron chi connectivity index (χ0n) is 12.7. The molecule has 22 heavy (non-hydrogen) atoms. The van der Waals surface area contributed by atoms with Crippen LogP contribution in [0.1, 0.15) is 17.5 Å². The number of methoxy groups -OCH3 is 1. The summed E-state index contributed by atoms with van der Waals surface area (Å²) < 4.78 is 11.0. The lowest BCUT2D eigenvalue weighted by molar-refractivity contribution is 0.181. The number of aliphatic hydroxyl groups is 1. The zero-order valence-corrected chi connectivity index (χ0v) is 12.7. The first-order valence-corrected chi connectivity index (χ1v) is 7.45. The van der Waals surface area contributed by atoms with Crippen LogP contribution in [0.3, 0.4) is 0 Å². The molecule has 0 saturated carbocycles. The molecule has 3 rings (SSSR count). The Kier molecular flexibility index (Phi) is 4.05. The van der Waals surface area contributed by atoms with E-state index in [1.54, 1.807) is 7.11 Å². The van der Waals surface area contributed by atoms with Crippen LogP contribution in [0, 0.1) is 0 Å². The first kappa shape index (κ1) is 14.9. The molecule has 4 nitrogen and oxygen atoms in total. The van der Waals surface area contributed by atoms with Gasteiger partial charge in [0.2, 0.25) is 0 Å². The number of ether oxygens (including phenoxy) is 2. The van der Waals surface area contributed by atoms with E-state index in [9.17, 15) is 5.11 Å². The van der Waals surface area contributed by atoms with Crippen molar-refractivity contribution in [2.45, 2.75) is 24.8 Å². The number of benzene rings is 2. The van der Waals surface area contributed by atoms with Crippen molar-refractivity contribution in [3.63, 3.8) is 0 Å². The van der Waals surface area contributed by atoms with Gasteiger partial charge in [-0.05, 0) is 66.8 Å². The molecule has 2 aromatic carbocycles. The van der Waals surface area contributed by atoms with Crippen molar-refractivity contribution in [1.29, 1.82) is 0 Å². The summed E-state index contributed by atoms with van der Waals surface area (Å²) in [6.07, 6.45) is 2.39. The maximum atomic E-state index is 9.46. The summed E-state index contributed by atoms with van der Waals surface area (Å²) in [5.41, 5.74) is 8.14. The third kappa shape index (κ3) is 3.08. The summed E-state index contributed by atoms with van der Waals surface area (Å²) in [6.45, 7) is 0.00993. The van der Waals surface area contributed by atoms with Crippen LogP contribution in [-0.4, -0.2) is 24.4 Å². The normalized spacial score (nSPS) is 20.3. The average Bonchev–Trinajstić information content (AvgIpc) is 2.55. The van der Waals surface area contributed by atoms with Crippen molar-refractivity contribution in [3.05, 3.63) is 53.6 Å². The monoisotopic (exact) mass is 299 g/mol. The number of fused-ring (bicyclic) bond motifs is 1. The highest BCUT2D eigenvalue weighted by Crippen LogP contribution is 2.31. The summed E-state index contributed by atoms with van der Waals surface area (Å²) >= 11 is 0. The van der Waals surface area contributed by atoms with E-state index in [1.165, 1.54) is 5.56 Å². The van der Waals surface area contributed by atoms with Crippen molar-refractivity contribution >= 4 is 0 Å². The maximum absolute atomic E-state index is 9.46. The minimum absolute atomic E-state index is 0.00993. The van der Waals surface area contributed by atoms with E-state index in [1.807, 2.05) is 36.4 Å². The van der Waals surface area contributed by atoms with E-state index in [4.69, 9.17) is 15.2 Å². The SMILES string of the molecule is COc1ccc(Oc2ccc3c(c2)CC(N)(CO)CC3)cc1. The van der Waals surface area contributed by atoms with Gasteiger partial charge in [-0.3, -0.25) is 0 Å². The Bertz CT molecular complexity index is 654. The molecule has 1 unspecified atom stereocenters. The van der Waals surface area contributed by atoms with Crippen LogP contribution in [0.15, 0.2) is 42.5 Å². The third-order valence-electron chi connectivity index (χ3n) is 4.22. The molecular formula is C18H21NO3. The molecule has 0 amide bonds. The van der Waals surface area contributed by atoms with Crippen molar-refractivity contribution in [2.24, 2.45) is 5.73 Å². The number of aryl methyl sites for hydroxylation is 1. The number of aliphatic hydroxyl groups excluding tert-OH is 1. The molecule has 0 saturated heterocycles. The maximum Gasteiger partial charge on any atom is 0.127 e. The highest BCUT2D eigenvalue weighted by molar-refractivity contribution is 5.41. The molecule has 1 aliphatic rings. The average molecular weight is 299 g/mol. The van der Waals surface area contributed by atoms with Crippen LogP contribution < -0.4 is 15.2 Å². The first-order valence-electron chi connectivity index (χ1n) is 7.45. The van der Waals surface area contributed by atoms with Crippen molar-refractivity contribution in [1.82, 2.24) is 0 Å². The molecule has 0 aliphatic heterocycles. The zero-order chi connectivity index (χ0) is 15.6. The highest BCUT2D eigenvalue weighted by Gasteiger charge is 2.29. The topological polar surface area (TPSA) is 64.7 Å². The van der Waals surface area contributed by atoms with Gasteiger partial charge in [-0.25, -0.2) is 0 Å². The van der Waals surface area contributed by atoms with E-state index < -0.39 is 5.54 Å². The van der Waals surface area contributed by atoms with Crippen LogP contribution >= 0.6 is 0 Å². The molecule has 2 aromatic rings. The standard InChI is InChI=1S/C18H21NO3/c1-21-15-4-6-16(7-5-15)22-17-3-2-13-8-9-18(19,12-20)11-14(13)10-17/h2-7,10,20H,8-9,11-12,19H2,1H3. The molecule has 3 N–H and O–H groups in total. The smallest absolute Gasteiger partial charge is 0.127 e. The number of hydrogen-bond donors (Lipinski definition) is 2. The fourth-order valence-electron chi connectivity index (χ4n) is 2.84. The molecule has 0 radical (unpaired) electrons. The second kappa shape index (κ2) is 5.99. The lowest BCUT2D eigenvalue weighted by atomic mass is 9.79. The van der Waals surface area contributed by atoms with Crippen molar-refractivity contribution in [2.75, 3.05) is 13.7 Å². The van der Waals surface area contributed by atoms with E-state index >= 15 is 0 Å². The molecule has 4 heteroatoms. The minimum Gasteiger partial charge on any atom is -0.497 e. The number of hydrogen-bond acceptors (Lipinski definition) is 4. The molecule has 0 fully saturated rings. The van der Waals surface area contributed by atoms with E-state index in [0.29, 0.717) is 6.42 Å². The summed E-state index contributed by atoms with van der Waals surface area (Å²) in [4.78, 5) is 0. The lowest BCUT2D eigenvalue weighted by Gasteiger charge is -2.33. The Morgan fingerprint density at radius 1 is 1.05 bits per heavy atom. The van der Waals surface area contributed by atoms with Crippen molar-refractivity contribution < 1.29 is 14.6 Å². The Morgan fingerprint density at radius 2 is 1.73 bits per heavy atom. The summed E-state index contributed by atoms with van der Waals surface area (Å²) in [7, 11) is 1.64. The van der Waals surface area contributed by atoms with Gasteiger partial charge in [-0.1, -0.05) is 6.07 Å². The fraction of sp³-hybridized carbons (Fsp3) is 0.333. The van der Waals surface area contributed by atoms with Gasteiger partial charge in [-0.15, -0.1) is 0 Å². The third-order valence-corrected chi connectivity index (χ3v) is 4.22. The van der Waals surface area contributed by atoms with Crippen molar-refractivity contribution in [3.8, 4) is 17.2 Å². The molecule has 116 valence electrons. The van der Waals surface area contributed by atoms with Gasteiger partial charge in [0.05, 0.1) is 13.7 Å². The molecule has 1 aliphatic carbocycles. The lowest BCUT2D eigenvalue weighted by Crippen LogP contribution is -2.48. The minimum atomic E-state index is -0.508. The van der Waals surface area contributed by atoms with Gasteiger partial charge >= 0.3 is 0 Å². The molecule has 0 bridgehead atoms. The predicted octanol–water partition coefficient (Wildman–Crippen LogP) is 2.67. The Hall–Kier alpha value is -2.04. The quantitative estimate of drug-likeness (QED) is 0.911. The van der Waals surface area contributed by atoms with Crippen LogP contribution in [0.5, 0.6) is 17.2 Å². The van der Waals surface area contributed by atoms with Crippen LogP contribution in [0.2, 0.25) is 0 Å². The van der Waals surface area contributed by atoms with Crippen LogP contribution in [0.4, 0.5) is 0 Å². The van der Waals surface area contributed by atoms with Gasteiger partial charge in [0.1, 0.15) is 17.2 Å². The van der Waals surface area contributed by atoms with Gasteiger partial charge in [0, 0.05) is 5.54 Å². The second-order valence-corrected chi connectivity index (χ2v) is 5.91. The summed E-state index contributed by atoms with van der Waals surface area (Å²) in [6, 6.07) is 13.6. The molecule has 0 spiro atoms. The van der Waals surface area contributed by atoms with Gasteiger partial charge in [0.15, 0.2) is 0 Å². The number of rotatable bonds is 4. The largest absolute Gasteiger partial charge is 0.497 e. The first-order chi connectivity index (χ1) is 10.6. The Labute approximate surface area is 130 Å². The summed E-state index contributed by atoms with van der Waals surface area (Å²) in [5, 5.41) is 9.46. The number of nitrogens with two attached hydrogens (primary N) is 1. The summed E-state index contributed by atoms with van der Waals surface area (Å²) in [5.74, 6) is 2.34.